The standard InChI is InChI=1S/C9H14N2OS/c12-8-2-1-4-11(6-8)7-9-10-3-5-13-9/h3,5,8,12H,1-2,4,6-7H2/t8-/m0/s1. The monoisotopic (exact) mass is 198 g/mol. The van der Waals surface area contributed by atoms with Crippen LogP contribution in [0.4, 0.5) is 0 Å². The Morgan fingerprint density at radius 1 is 1.69 bits per heavy atom. The summed E-state index contributed by atoms with van der Waals surface area (Å²) in [4.78, 5) is 6.50. The summed E-state index contributed by atoms with van der Waals surface area (Å²) in [6.07, 6.45) is 3.76. The Morgan fingerprint density at radius 3 is 3.31 bits per heavy atom. The molecule has 3 nitrogen and oxygen atoms in total. The molecule has 0 radical (unpaired) electrons. The second-order valence-electron chi connectivity index (χ2n) is 3.46. The Kier molecular flexibility index (Phi) is 2.93. The minimum absolute atomic E-state index is 0.131. The summed E-state index contributed by atoms with van der Waals surface area (Å²) in [5.74, 6) is 0. The normalized spacial score (nSPS) is 24.8. The van der Waals surface area contributed by atoms with Crippen LogP contribution in [0, 0.1) is 0 Å². The van der Waals surface area contributed by atoms with Crippen LogP contribution in [-0.4, -0.2) is 34.2 Å². The van der Waals surface area contributed by atoms with Crippen molar-refractivity contribution in [2.45, 2.75) is 25.5 Å². The lowest BCUT2D eigenvalue weighted by Gasteiger charge is -2.28. The van der Waals surface area contributed by atoms with E-state index in [1.165, 1.54) is 0 Å². The number of piperidine rings is 1. The molecule has 0 amide bonds. The highest BCUT2D eigenvalue weighted by Crippen LogP contribution is 2.14. The van der Waals surface area contributed by atoms with Crippen molar-refractivity contribution in [3.8, 4) is 0 Å². The van der Waals surface area contributed by atoms with Gasteiger partial charge >= 0.3 is 0 Å². The van der Waals surface area contributed by atoms with Crippen molar-refractivity contribution in [1.82, 2.24) is 9.88 Å². The van der Waals surface area contributed by atoms with Crippen molar-refractivity contribution in [3.63, 3.8) is 0 Å². The highest BCUT2D eigenvalue weighted by atomic mass is 32.1. The first kappa shape index (κ1) is 9.12. The molecule has 0 saturated carbocycles. The summed E-state index contributed by atoms with van der Waals surface area (Å²) in [5.41, 5.74) is 0. The highest BCUT2D eigenvalue weighted by Gasteiger charge is 2.17. The maximum atomic E-state index is 9.45. The maximum Gasteiger partial charge on any atom is 0.107 e. The highest BCUT2D eigenvalue weighted by molar-refractivity contribution is 7.09. The third kappa shape index (κ3) is 2.49. The van der Waals surface area contributed by atoms with E-state index in [4.69, 9.17) is 0 Å². The van der Waals surface area contributed by atoms with Gasteiger partial charge in [-0.05, 0) is 19.4 Å². The second-order valence-corrected chi connectivity index (χ2v) is 4.44. The van der Waals surface area contributed by atoms with E-state index >= 15 is 0 Å². The molecule has 2 rings (SSSR count). The fraction of sp³-hybridized carbons (Fsp3) is 0.667. The Morgan fingerprint density at radius 2 is 2.62 bits per heavy atom. The van der Waals surface area contributed by atoms with Gasteiger partial charge in [-0.25, -0.2) is 4.98 Å². The molecule has 1 atom stereocenters. The summed E-state index contributed by atoms with van der Waals surface area (Å²) >= 11 is 1.68. The average Bonchev–Trinajstić information content (AvgIpc) is 2.57. The number of hydrogen-bond acceptors (Lipinski definition) is 4. The first-order chi connectivity index (χ1) is 6.34. The topological polar surface area (TPSA) is 36.4 Å². The summed E-state index contributed by atoms with van der Waals surface area (Å²) in [6.45, 7) is 2.80. The molecule has 72 valence electrons. The molecule has 0 unspecified atom stereocenters. The van der Waals surface area contributed by atoms with Gasteiger partial charge < -0.3 is 5.11 Å². The zero-order chi connectivity index (χ0) is 9.10. The van der Waals surface area contributed by atoms with Crippen LogP contribution < -0.4 is 0 Å². The molecule has 0 aliphatic carbocycles. The van der Waals surface area contributed by atoms with Gasteiger partial charge in [-0.15, -0.1) is 11.3 Å². The van der Waals surface area contributed by atoms with E-state index in [2.05, 4.69) is 9.88 Å². The SMILES string of the molecule is O[C@H]1CCCN(Cc2nccs2)C1. The number of nitrogens with zero attached hydrogens (tertiary/aromatic N) is 2. The first-order valence-electron chi connectivity index (χ1n) is 4.63. The predicted octanol–water partition coefficient (Wildman–Crippen LogP) is 1.10. The van der Waals surface area contributed by atoms with E-state index in [0.29, 0.717) is 0 Å². The molecule has 1 aromatic rings. The number of aromatic nitrogens is 1. The number of thiazole rings is 1. The molecule has 1 saturated heterocycles. The van der Waals surface area contributed by atoms with Crippen molar-refractivity contribution in [2.24, 2.45) is 0 Å². The molecule has 0 bridgehead atoms. The number of hydrogen-bond donors (Lipinski definition) is 1. The Balaban J connectivity index is 1.87. The molecule has 1 N–H and O–H groups in total. The van der Waals surface area contributed by atoms with E-state index in [1.54, 1.807) is 11.3 Å². The molecule has 13 heavy (non-hydrogen) atoms. The van der Waals surface area contributed by atoms with Gasteiger partial charge in [0.15, 0.2) is 0 Å². The molecule has 1 aliphatic heterocycles. The molecule has 1 fully saturated rings. The van der Waals surface area contributed by atoms with E-state index in [0.717, 1.165) is 37.5 Å². The number of likely N-dealkylation sites (tertiary alicyclic amines) is 1. The van der Waals surface area contributed by atoms with Gasteiger partial charge in [0.2, 0.25) is 0 Å². The van der Waals surface area contributed by atoms with Gasteiger partial charge in [0, 0.05) is 18.1 Å². The smallest absolute Gasteiger partial charge is 0.107 e. The zero-order valence-corrected chi connectivity index (χ0v) is 8.33. The largest absolute Gasteiger partial charge is 0.392 e. The molecule has 4 heteroatoms. The van der Waals surface area contributed by atoms with Gasteiger partial charge in [0.05, 0.1) is 12.6 Å². The molecule has 1 aromatic heterocycles. The molecule has 0 spiro atoms. The summed E-state index contributed by atoms with van der Waals surface area (Å²) in [5, 5.41) is 12.6. The van der Waals surface area contributed by atoms with Gasteiger partial charge in [-0.3, -0.25) is 4.90 Å². The minimum atomic E-state index is -0.131. The number of rotatable bonds is 2. The van der Waals surface area contributed by atoms with E-state index in [1.807, 2.05) is 11.6 Å². The molecular weight excluding hydrogens is 184 g/mol. The van der Waals surface area contributed by atoms with Gasteiger partial charge in [-0.1, -0.05) is 0 Å². The summed E-state index contributed by atoms with van der Waals surface area (Å²) in [7, 11) is 0. The number of aliphatic hydroxyl groups excluding tert-OH is 1. The third-order valence-electron chi connectivity index (χ3n) is 2.32. The number of aliphatic hydroxyl groups is 1. The van der Waals surface area contributed by atoms with Crippen LogP contribution in [0.15, 0.2) is 11.6 Å². The van der Waals surface area contributed by atoms with Crippen molar-refractivity contribution < 1.29 is 5.11 Å². The molecule has 0 aromatic carbocycles. The first-order valence-corrected chi connectivity index (χ1v) is 5.51. The van der Waals surface area contributed by atoms with E-state index in [-0.39, 0.29) is 6.10 Å². The van der Waals surface area contributed by atoms with Crippen molar-refractivity contribution in [3.05, 3.63) is 16.6 Å². The quantitative estimate of drug-likeness (QED) is 0.773. The van der Waals surface area contributed by atoms with Crippen LogP contribution in [0.3, 0.4) is 0 Å². The Labute approximate surface area is 82.0 Å². The summed E-state index contributed by atoms with van der Waals surface area (Å²) < 4.78 is 0. The van der Waals surface area contributed by atoms with E-state index in [9.17, 15) is 5.11 Å². The third-order valence-corrected chi connectivity index (χ3v) is 3.09. The Hall–Kier alpha value is -0.450. The van der Waals surface area contributed by atoms with Crippen LogP contribution in [0.25, 0.3) is 0 Å². The lowest BCUT2D eigenvalue weighted by atomic mass is 10.1. The molecule has 1 aliphatic rings. The van der Waals surface area contributed by atoms with Crippen LogP contribution in [-0.2, 0) is 6.54 Å². The zero-order valence-electron chi connectivity index (χ0n) is 7.52. The van der Waals surface area contributed by atoms with Gasteiger partial charge in [0.25, 0.3) is 0 Å². The maximum absolute atomic E-state index is 9.45. The van der Waals surface area contributed by atoms with Crippen LogP contribution in [0.2, 0.25) is 0 Å². The predicted molar refractivity (Wildman–Crippen MR) is 52.6 cm³/mol. The minimum Gasteiger partial charge on any atom is -0.392 e. The molecular formula is C9H14N2OS. The average molecular weight is 198 g/mol. The second kappa shape index (κ2) is 4.17. The van der Waals surface area contributed by atoms with Crippen LogP contribution >= 0.6 is 11.3 Å². The molecule has 2 heterocycles. The van der Waals surface area contributed by atoms with E-state index < -0.39 is 0 Å². The van der Waals surface area contributed by atoms with Crippen molar-refractivity contribution >= 4 is 11.3 Å². The van der Waals surface area contributed by atoms with Crippen LogP contribution in [0.1, 0.15) is 17.8 Å². The van der Waals surface area contributed by atoms with Gasteiger partial charge in [0.1, 0.15) is 5.01 Å². The fourth-order valence-corrected chi connectivity index (χ4v) is 2.35. The van der Waals surface area contributed by atoms with Gasteiger partial charge in [-0.2, -0.15) is 0 Å². The lowest BCUT2D eigenvalue weighted by Crippen LogP contribution is -2.37. The fourth-order valence-electron chi connectivity index (χ4n) is 1.70. The van der Waals surface area contributed by atoms with Crippen molar-refractivity contribution in [2.75, 3.05) is 13.1 Å². The van der Waals surface area contributed by atoms with Crippen molar-refractivity contribution in [1.29, 1.82) is 0 Å². The Bertz CT molecular complexity index is 250. The lowest BCUT2D eigenvalue weighted by molar-refractivity contribution is 0.0668. The van der Waals surface area contributed by atoms with Crippen LogP contribution in [0.5, 0.6) is 0 Å². The summed E-state index contributed by atoms with van der Waals surface area (Å²) in [6, 6.07) is 0. The number of β-amino-alcohol motifs (C(OH)–C–C–N with tert-alkyl or cyclic N) is 1.